The van der Waals surface area contributed by atoms with Crippen molar-refractivity contribution >= 4 is 34.3 Å². The molecule has 0 radical (unpaired) electrons. The molecular formula is C11H13N3O5S. The SMILES string of the molecule is CC(=O)Nc1nc(C(=O)N2CC(O)CC2C(=O)O)cs1. The molecule has 2 atom stereocenters. The quantitative estimate of drug-likeness (QED) is 0.708. The molecule has 0 bridgehead atoms. The molecule has 20 heavy (non-hydrogen) atoms. The van der Waals surface area contributed by atoms with Crippen molar-refractivity contribution < 1.29 is 24.6 Å². The Morgan fingerprint density at radius 2 is 2.20 bits per heavy atom. The molecule has 3 N–H and O–H groups in total. The number of carbonyl (C=O) groups excluding carboxylic acids is 2. The van der Waals surface area contributed by atoms with Gasteiger partial charge in [0.25, 0.3) is 5.91 Å². The summed E-state index contributed by atoms with van der Waals surface area (Å²) in [6.07, 6.45) is -0.850. The van der Waals surface area contributed by atoms with E-state index < -0.39 is 24.0 Å². The van der Waals surface area contributed by atoms with Gasteiger partial charge in [-0.25, -0.2) is 9.78 Å². The maximum atomic E-state index is 12.2. The van der Waals surface area contributed by atoms with Crippen LogP contribution < -0.4 is 5.32 Å². The Morgan fingerprint density at radius 1 is 1.50 bits per heavy atom. The molecule has 1 aliphatic rings. The summed E-state index contributed by atoms with van der Waals surface area (Å²) in [5.41, 5.74) is 0.0547. The van der Waals surface area contributed by atoms with Crippen LogP contribution in [0.1, 0.15) is 23.8 Å². The molecule has 2 amide bonds. The maximum absolute atomic E-state index is 12.2. The van der Waals surface area contributed by atoms with Gasteiger partial charge in [-0.3, -0.25) is 9.59 Å². The van der Waals surface area contributed by atoms with Crippen molar-refractivity contribution in [3.8, 4) is 0 Å². The predicted molar refractivity (Wildman–Crippen MR) is 69.5 cm³/mol. The first-order valence-corrected chi connectivity index (χ1v) is 6.71. The van der Waals surface area contributed by atoms with Crippen molar-refractivity contribution in [1.82, 2.24) is 9.88 Å². The minimum absolute atomic E-state index is 0.00373. The fourth-order valence-corrected chi connectivity index (χ4v) is 2.73. The summed E-state index contributed by atoms with van der Waals surface area (Å²) in [7, 11) is 0. The van der Waals surface area contributed by atoms with Crippen LogP contribution >= 0.6 is 11.3 Å². The monoisotopic (exact) mass is 299 g/mol. The summed E-state index contributed by atoms with van der Waals surface area (Å²) in [5.74, 6) is -2.03. The van der Waals surface area contributed by atoms with Crippen LogP contribution in [0.3, 0.4) is 0 Å². The summed E-state index contributed by atoms with van der Waals surface area (Å²) in [6.45, 7) is 1.28. The molecule has 0 aliphatic carbocycles. The van der Waals surface area contributed by atoms with Gasteiger partial charge in [0.2, 0.25) is 5.91 Å². The second-order valence-corrected chi connectivity index (χ2v) is 5.28. The first kappa shape index (κ1) is 14.4. The van der Waals surface area contributed by atoms with Crippen molar-refractivity contribution in [3.63, 3.8) is 0 Å². The van der Waals surface area contributed by atoms with E-state index in [1.54, 1.807) is 0 Å². The number of aliphatic hydroxyl groups excluding tert-OH is 1. The summed E-state index contributed by atoms with van der Waals surface area (Å²) >= 11 is 1.07. The fourth-order valence-electron chi connectivity index (χ4n) is 2.00. The van der Waals surface area contributed by atoms with Crippen LogP contribution in [0.2, 0.25) is 0 Å². The first-order valence-electron chi connectivity index (χ1n) is 5.83. The number of carbonyl (C=O) groups is 3. The topological polar surface area (TPSA) is 120 Å². The van der Waals surface area contributed by atoms with Gasteiger partial charge >= 0.3 is 5.97 Å². The predicted octanol–water partition coefficient (Wildman–Crippen LogP) is -0.239. The van der Waals surface area contributed by atoms with E-state index in [1.165, 1.54) is 12.3 Å². The van der Waals surface area contributed by atoms with E-state index in [0.717, 1.165) is 16.2 Å². The number of anilines is 1. The molecule has 8 nitrogen and oxygen atoms in total. The van der Waals surface area contributed by atoms with E-state index >= 15 is 0 Å². The zero-order valence-corrected chi connectivity index (χ0v) is 11.4. The molecule has 2 unspecified atom stereocenters. The number of nitrogens with one attached hydrogen (secondary N) is 1. The number of amides is 2. The summed E-state index contributed by atoms with van der Waals surface area (Å²) in [6, 6.07) is -1.05. The number of rotatable bonds is 3. The van der Waals surface area contributed by atoms with Crippen LogP contribution in [0.5, 0.6) is 0 Å². The lowest BCUT2D eigenvalue weighted by molar-refractivity contribution is -0.141. The van der Waals surface area contributed by atoms with E-state index in [2.05, 4.69) is 10.3 Å². The van der Waals surface area contributed by atoms with Gasteiger partial charge in [-0.1, -0.05) is 0 Å². The van der Waals surface area contributed by atoms with E-state index in [-0.39, 0.29) is 29.7 Å². The zero-order valence-electron chi connectivity index (χ0n) is 10.6. The van der Waals surface area contributed by atoms with Gasteiger partial charge in [0.05, 0.1) is 6.10 Å². The summed E-state index contributed by atoms with van der Waals surface area (Å²) in [5, 5.41) is 22.7. The zero-order chi connectivity index (χ0) is 14.9. The number of nitrogens with zero attached hydrogens (tertiary/aromatic N) is 2. The molecule has 0 spiro atoms. The third kappa shape index (κ3) is 2.94. The molecule has 1 aliphatic heterocycles. The minimum atomic E-state index is -1.16. The standard InChI is InChI=1S/C11H13N3O5S/c1-5(15)12-11-13-7(4-20-11)9(17)14-3-6(16)2-8(14)10(18)19/h4,6,8,16H,2-3H2,1H3,(H,18,19)(H,12,13,15). The Hall–Kier alpha value is -2.00. The fraction of sp³-hybridized carbons (Fsp3) is 0.455. The van der Waals surface area contributed by atoms with Crippen LogP contribution in [0.15, 0.2) is 5.38 Å². The van der Waals surface area contributed by atoms with E-state index in [9.17, 15) is 19.5 Å². The molecule has 2 heterocycles. The normalized spacial score (nSPS) is 21.8. The smallest absolute Gasteiger partial charge is 0.326 e. The molecule has 1 fully saturated rings. The molecule has 9 heteroatoms. The Labute approximate surface area is 118 Å². The number of carboxylic acids is 1. The number of aromatic nitrogens is 1. The summed E-state index contributed by atoms with van der Waals surface area (Å²) in [4.78, 5) is 39.2. The summed E-state index contributed by atoms with van der Waals surface area (Å²) < 4.78 is 0. The third-order valence-corrected chi connectivity index (χ3v) is 3.59. The number of hydrogen-bond donors (Lipinski definition) is 3. The number of carboxylic acid groups (broad SMARTS) is 1. The van der Waals surface area contributed by atoms with E-state index in [4.69, 9.17) is 5.11 Å². The van der Waals surface area contributed by atoms with E-state index in [1.807, 2.05) is 0 Å². The molecule has 1 aromatic heterocycles. The number of hydrogen-bond acceptors (Lipinski definition) is 6. The lowest BCUT2D eigenvalue weighted by atomic mass is 10.2. The molecule has 108 valence electrons. The highest BCUT2D eigenvalue weighted by Crippen LogP contribution is 2.23. The van der Waals surface area contributed by atoms with Gasteiger partial charge < -0.3 is 20.4 Å². The highest BCUT2D eigenvalue weighted by atomic mass is 32.1. The Morgan fingerprint density at radius 3 is 2.80 bits per heavy atom. The van der Waals surface area contributed by atoms with Crippen LogP contribution in [0.4, 0.5) is 5.13 Å². The largest absolute Gasteiger partial charge is 0.480 e. The number of likely N-dealkylation sites (tertiary alicyclic amines) is 1. The van der Waals surface area contributed by atoms with Crippen LogP contribution in [0, 0.1) is 0 Å². The van der Waals surface area contributed by atoms with Crippen molar-refractivity contribution in [3.05, 3.63) is 11.1 Å². The minimum Gasteiger partial charge on any atom is -0.480 e. The Balaban J connectivity index is 2.16. The number of aliphatic carboxylic acids is 1. The number of β-amino-alcohol motifs (C(OH)–C–C–N with tert-alkyl or cyclic N) is 1. The lowest BCUT2D eigenvalue weighted by Gasteiger charge is -2.19. The van der Waals surface area contributed by atoms with Gasteiger partial charge in [0, 0.05) is 25.3 Å². The molecular weight excluding hydrogens is 286 g/mol. The average Bonchev–Trinajstić information content (AvgIpc) is 2.94. The van der Waals surface area contributed by atoms with E-state index in [0.29, 0.717) is 0 Å². The molecule has 1 aromatic rings. The lowest BCUT2D eigenvalue weighted by Crippen LogP contribution is -2.40. The highest BCUT2D eigenvalue weighted by molar-refractivity contribution is 7.14. The number of thiazole rings is 1. The second kappa shape index (κ2) is 5.55. The van der Waals surface area contributed by atoms with Gasteiger partial charge in [0.15, 0.2) is 5.13 Å². The van der Waals surface area contributed by atoms with Crippen LogP contribution in [-0.2, 0) is 9.59 Å². The van der Waals surface area contributed by atoms with Crippen molar-refractivity contribution in [1.29, 1.82) is 0 Å². The van der Waals surface area contributed by atoms with Gasteiger partial charge in [0.1, 0.15) is 11.7 Å². The van der Waals surface area contributed by atoms with Crippen LogP contribution in [-0.4, -0.2) is 56.6 Å². The van der Waals surface area contributed by atoms with Gasteiger partial charge in [-0.05, 0) is 0 Å². The Kier molecular flexibility index (Phi) is 4.00. The average molecular weight is 299 g/mol. The van der Waals surface area contributed by atoms with Gasteiger partial charge in [-0.15, -0.1) is 11.3 Å². The van der Waals surface area contributed by atoms with Crippen molar-refractivity contribution in [2.75, 3.05) is 11.9 Å². The Bertz CT molecular complexity index is 558. The van der Waals surface area contributed by atoms with Crippen LogP contribution in [0.25, 0.3) is 0 Å². The van der Waals surface area contributed by atoms with Gasteiger partial charge in [-0.2, -0.15) is 0 Å². The molecule has 0 saturated carbocycles. The molecule has 1 saturated heterocycles. The second-order valence-electron chi connectivity index (χ2n) is 4.42. The molecule has 0 aromatic carbocycles. The third-order valence-electron chi connectivity index (χ3n) is 2.83. The maximum Gasteiger partial charge on any atom is 0.326 e. The van der Waals surface area contributed by atoms with Crippen molar-refractivity contribution in [2.24, 2.45) is 0 Å². The highest BCUT2D eigenvalue weighted by Gasteiger charge is 2.39. The van der Waals surface area contributed by atoms with Crippen molar-refractivity contribution in [2.45, 2.75) is 25.5 Å². The molecule has 2 rings (SSSR count). The number of aliphatic hydroxyl groups is 1. The first-order chi connectivity index (χ1) is 9.38.